The number of rotatable bonds is 8. The SMILES string of the molecule is CC(C)(C)c1cccc(N2[CH-]N(c3[c-]c(Oc4[c-]c5c(cc4)c4ccc(C(C)(C)C)cc4n5-c4cc(C(C)(C)C)c(-c5cccc(C(C)(C)c6ccccc6)c5)cn4)ccc3)c3ccccc32)c1.[Pt]. The largest absolute Gasteiger partial charge is 0.509 e. The maximum Gasteiger partial charge on any atom is 0.135 e. The molecule has 7 aromatic carbocycles. The summed E-state index contributed by atoms with van der Waals surface area (Å²) in [4.78, 5) is 9.77. The Bertz CT molecular complexity index is 3350. The number of ether oxygens (including phenoxy) is 1. The zero-order valence-corrected chi connectivity index (χ0v) is 44.0. The van der Waals surface area contributed by atoms with Crippen molar-refractivity contribution in [2.45, 2.75) is 97.8 Å². The fourth-order valence-corrected chi connectivity index (χ4v) is 9.59. The summed E-state index contributed by atoms with van der Waals surface area (Å²) < 4.78 is 9.01. The third kappa shape index (κ3) is 9.03. The van der Waals surface area contributed by atoms with Crippen LogP contribution in [0.2, 0.25) is 0 Å². The molecule has 0 saturated heterocycles. The molecule has 6 heteroatoms. The van der Waals surface area contributed by atoms with E-state index < -0.39 is 0 Å². The van der Waals surface area contributed by atoms with Gasteiger partial charge >= 0.3 is 0 Å². The van der Waals surface area contributed by atoms with Gasteiger partial charge in [-0.1, -0.05) is 173 Å². The standard InChI is InChI=1S/C63H61N4O.Pt/c1-60(2,3)44-23-18-25-47(35-44)65-41-66(56-29-16-15-28-55(56)65)48-26-19-27-49(37-48)68-50-31-33-52-51-32-30-45(61(4,5)6)36-57(51)67(58(52)38-50)59-39-54(62(7,8)9)53(40-64-59)42-20-17-24-46(34-42)63(10,11)43-21-13-12-14-22-43;/h12-36,39-41H,1-11H3;/q-3;. The second-order valence-corrected chi connectivity index (χ2v) is 22.0. The Balaban J connectivity index is 0.00000593. The van der Waals surface area contributed by atoms with E-state index in [9.17, 15) is 0 Å². The zero-order valence-electron chi connectivity index (χ0n) is 41.7. The predicted molar refractivity (Wildman–Crippen MR) is 284 cm³/mol. The molecule has 9 aromatic rings. The van der Waals surface area contributed by atoms with Gasteiger partial charge in [-0.2, -0.15) is 12.1 Å². The van der Waals surface area contributed by atoms with Crippen LogP contribution in [0.1, 0.15) is 104 Å². The van der Waals surface area contributed by atoms with E-state index >= 15 is 0 Å². The van der Waals surface area contributed by atoms with Crippen molar-refractivity contribution in [1.29, 1.82) is 0 Å². The minimum Gasteiger partial charge on any atom is -0.509 e. The van der Waals surface area contributed by atoms with Crippen molar-refractivity contribution in [2.75, 3.05) is 9.80 Å². The Morgan fingerprint density at radius 1 is 0.507 bits per heavy atom. The fourth-order valence-electron chi connectivity index (χ4n) is 9.59. The normalized spacial score (nSPS) is 13.2. The monoisotopic (exact) mass is 1080 g/mol. The zero-order chi connectivity index (χ0) is 47.8. The summed E-state index contributed by atoms with van der Waals surface area (Å²) >= 11 is 0. The molecule has 69 heavy (non-hydrogen) atoms. The van der Waals surface area contributed by atoms with Crippen LogP contribution < -0.4 is 14.5 Å². The summed E-state index contributed by atoms with van der Waals surface area (Å²) in [6.07, 6.45) is 2.08. The molecular weight excluding hydrogens is 1020 g/mol. The molecule has 5 nitrogen and oxygen atoms in total. The molecule has 10 rings (SSSR count). The Morgan fingerprint density at radius 2 is 1.13 bits per heavy atom. The van der Waals surface area contributed by atoms with Crippen LogP contribution in [0.5, 0.6) is 11.5 Å². The van der Waals surface area contributed by atoms with E-state index in [1.54, 1.807) is 0 Å². The number of nitrogens with zero attached hydrogens (tertiary/aromatic N) is 4. The van der Waals surface area contributed by atoms with Crippen LogP contribution in [0.15, 0.2) is 164 Å². The van der Waals surface area contributed by atoms with Crippen molar-refractivity contribution in [2.24, 2.45) is 0 Å². The first-order chi connectivity index (χ1) is 32.3. The number of aromatic nitrogens is 2. The summed E-state index contributed by atoms with van der Waals surface area (Å²) in [6.45, 7) is 27.2. The minimum absolute atomic E-state index is 0. The first-order valence-electron chi connectivity index (χ1n) is 23.9. The van der Waals surface area contributed by atoms with E-state index in [0.717, 1.165) is 61.5 Å². The Hall–Kier alpha value is -6.42. The van der Waals surface area contributed by atoms with Gasteiger partial charge in [0.25, 0.3) is 0 Å². The van der Waals surface area contributed by atoms with Crippen molar-refractivity contribution in [3.8, 4) is 28.4 Å². The molecule has 1 aliphatic heterocycles. The van der Waals surface area contributed by atoms with Crippen molar-refractivity contribution in [3.63, 3.8) is 0 Å². The van der Waals surface area contributed by atoms with Gasteiger partial charge in [0.2, 0.25) is 0 Å². The number of fused-ring (bicyclic) bond motifs is 4. The molecule has 1 aliphatic rings. The van der Waals surface area contributed by atoms with Gasteiger partial charge < -0.3 is 19.1 Å². The van der Waals surface area contributed by atoms with E-state index in [1.807, 2.05) is 18.2 Å². The van der Waals surface area contributed by atoms with Gasteiger partial charge in [-0.3, -0.25) is 0 Å². The number of hydrogen-bond acceptors (Lipinski definition) is 4. The van der Waals surface area contributed by atoms with E-state index in [4.69, 9.17) is 9.72 Å². The number of benzene rings is 7. The van der Waals surface area contributed by atoms with Crippen molar-refractivity contribution >= 4 is 44.6 Å². The average molecular weight is 1090 g/mol. The average Bonchev–Trinajstić information content (AvgIpc) is 3.87. The molecular formula is C63H61N4OPt-3. The van der Waals surface area contributed by atoms with E-state index in [-0.39, 0.29) is 42.7 Å². The van der Waals surface area contributed by atoms with E-state index in [1.165, 1.54) is 27.8 Å². The predicted octanol–water partition coefficient (Wildman–Crippen LogP) is 16.9. The first kappa shape index (κ1) is 47.6. The summed E-state index contributed by atoms with van der Waals surface area (Å²) in [5.74, 6) is 2.04. The van der Waals surface area contributed by atoms with Gasteiger partial charge in [0, 0.05) is 72.3 Å². The summed E-state index contributed by atoms with van der Waals surface area (Å²) in [7, 11) is 0. The van der Waals surface area contributed by atoms with Crippen molar-refractivity contribution in [3.05, 3.63) is 211 Å². The maximum atomic E-state index is 6.73. The molecule has 0 fully saturated rings. The molecule has 0 radical (unpaired) electrons. The fraction of sp³-hybridized carbons (Fsp3) is 0.238. The first-order valence-corrected chi connectivity index (χ1v) is 23.9. The van der Waals surface area contributed by atoms with Crippen LogP contribution in [-0.2, 0) is 42.7 Å². The Morgan fingerprint density at radius 3 is 1.86 bits per heavy atom. The summed E-state index contributed by atoms with van der Waals surface area (Å²) in [5.41, 5.74) is 14.4. The summed E-state index contributed by atoms with van der Waals surface area (Å²) in [5, 5.41) is 2.23. The smallest absolute Gasteiger partial charge is 0.135 e. The van der Waals surface area contributed by atoms with Gasteiger partial charge in [-0.05, 0) is 91.4 Å². The van der Waals surface area contributed by atoms with Gasteiger partial charge in [0.15, 0.2) is 0 Å². The third-order valence-corrected chi connectivity index (χ3v) is 13.7. The van der Waals surface area contributed by atoms with E-state index in [2.05, 4.69) is 255 Å². The molecule has 3 heterocycles. The Kier molecular flexibility index (Phi) is 12.3. The van der Waals surface area contributed by atoms with Crippen molar-refractivity contribution < 1.29 is 25.8 Å². The molecule has 2 aromatic heterocycles. The molecule has 352 valence electrons. The van der Waals surface area contributed by atoms with Crippen LogP contribution in [0, 0.1) is 18.8 Å². The second kappa shape index (κ2) is 17.8. The Labute approximate surface area is 424 Å². The molecule has 0 saturated carbocycles. The van der Waals surface area contributed by atoms with Gasteiger partial charge in [-0.25, -0.2) is 4.98 Å². The topological polar surface area (TPSA) is 33.5 Å². The molecule has 0 N–H and O–H groups in total. The number of hydrogen-bond donors (Lipinski definition) is 0. The number of para-hydroxylation sites is 2. The number of pyridine rings is 1. The van der Waals surface area contributed by atoms with Gasteiger partial charge in [-0.15, -0.1) is 48.1 Å². The molecule has 0 amide bonds. The van der Waals surface area contributed by atoms with Gasteiger partial charge in [0.05, 0.1) is 0 Å². The number of anilines is 4. The summed E-state index contributed by atoms with van der Waals surface area (Å²) in [6, 6.07) is 63.8. The van der Waals surface area contributed by atoms with Crippen LogP contribution in [0.25, 0.3) is 38.8 Å². The molecule has 0 bridgehead atoms. The minimum atomic E-state index is -0.188. The maximum absolute atomic E-state index is 6.73. The van der Waals surface area contributed by atoms with Crippen molar-refractivity contribution in [1.82, 2.24) is 9.55 Å². The molecule has 0 spiro atoms. The molecule has 0 atom stereocenters. The third-order valence-electron chi connectivity index (χ3n) is 13.7. The van der Waals surface area contributed by atoms with Gasteiger partial charge in [0.1, 0.15) is 5.82 Å². The van der Waals surface area contributed by atoms with Crippen LogP contribution in [0.3, 0.4) is 0 Å². The van der Waals surface area contributed by atoms with Crippen LogP contribution >= 0.6 is 0 Å². The molecule has 0 aliphatic carbocycles. The second-order valence-electron chi connectivity index (χ2n) is 22.0. The molecule has 0 unspecified atom stereocenters. The van der Waals surface area contributed by atoms with Crippen LogP contribution in [0.4, 0.5) is 22.7 Å². The van der Waals surface area contributed by atoms with Crippen LogP contribution in [-0.4, -0.2) is 9.55 Å². The van der Waals surface area contributed by atoms with E-state index in [0.29, 0.717) is 11.5 Å². The quantitative estimate of drug-likeness (QED) is 0.142.